The molecule has 128 heavy (non-hydrogen) atoms. The van der Waals surface area contributed by atoms with Crippen LogP contribution in [-0.2, 0) is 0 Å². The zero-order valence-corrected chi connectivity index (χ0v) is 69.2. The fourth-order valence-corrected chi connectivity index (χ4v) is 12.2. The minimum absolute atomic E-state index is 0.557. The number of hydrogen-bond donors (Lipinski definition) is 0. The zero-order valence-electron chi connectivity index (χ0n) is 69.2. The number of benzene rings is 16. The zero-order chi connectivity index (χ0) is 94.0. The van der Waals surface area contributed by atoms with Gasteiger partial charge in [-0.25, -0.2) is 0 Å². The quantitative estimate of drug-likeness (QED) is 0.0774. The van der Waals surface area contributed by atoms with Gasteiger partial charge in [-0.05, 0) is 97.1 Å². The molecule has 0 saturated heterocycles. The molecule has 0 aromatic heterocycles. The lowest BCUT2D eigenvalue weighted by atomic mass is 10.1. The van der Waals surface area contributed by atoms with Crippen LogP contribution in [0.1, 0.15) is 0 Å². The average Bonchev–Trinajstić information content (AvgIpc) is 0.863. The van der Waals surface area contributed by atoms with Gasteiger partial charge in [0, 0.05) is 91.6 Å². The van der Waals surface area contributed by atoms with E-state index < -0.39 is 29.6 Å². The third-order valence-corrected chi connectivity index (χ3v) is 17.5. The molecule has 16 aromatic rings. The molecular formula is C88H72B4F4N16O16. The molecule has 0 aliphatic rings. The molecule has 16 aromatic carbocycles. The summed E-state index contributed by atoms with van der Waals surface area (Å²) in [5.41, 5.74) is 4.45. The van der Waals surface area contributed by atoms with Gasteiger partial charge in [-0.3, -0.25) is 0 Å². The summed E-state index contributed by atoms with van der Waals surface area (Å²) in [6.07, 6.45) is 0. The number of ether oxygens (including phenoxy) is 8. The molecule has 40 heteroatoms. The van der Waals surface area contributed by atoms with Crippen LogP contribution in [0, 0.1) is 43.1 Å². The maximum Gasteiger partial charge on any atom is 0.393 e. The summed E-state index contributed by atoms with van der Waals surface area (Å²) >= 11 is 0. The molecule has 0 heterocycles. The molecule has 0 saturated carbocycles. The van der Waals surface area contributed by atoms with Crippen LogP contribution in [0.5, 0.6) is 46.0 Å². The topological polar surface area (TPSA) is 484 Å². The standard InChI is InChI=1S/8C11H9N2O.4BFO2/c8*1-14-11-7-6-10(13-12)8-4-2-3-5-9(8)11;4*2-1(3)4/h8*2-7H,1H3;;;;/q8*+1;4*-2. The van der Waals surface area contributed by atoms with Gasteiger partial charge in [0.05, 0.1) is 100.0 Å². The fourth-order valence-electron chi connectivity index (χ4n) is 12.2. The van der Waals surface area contributed by atoms with Crippen molar-refractivity contribution in [3.8, 4) is 46.0 Å². The van der Waals surface area contributed by atoms with Gasteiger partial charge >= 0.3 is 45.5 Å². The second-order valence-corrected chi connectivity index (χ2v) is 24.6. The first-order chi connectivity index (χ1) is 61.8. The Morgan fingerprint density at radius 2 is 0.242 bits per heavy atom. The van der Waals surface area contributed by atoms with Crippen LogP contribution in [0.4, 0.5) is 62.8 Å². The lowest BCUT2D eigenvalue weighted by molar-refractivity contribution is -0.368. The van der Waals surface area contributed by atoms with E-state index in [1.165, 1.54) is 0 Å². The molecule has 16 rings (SSSR count). The SMILES string of the molecule is COc1ccc([N+]#N)c2ccccc12.COc1ccc([N+]#N)c2ccccc12.COc1ccc([N+]#N)c2ccccc12.COc1ccc([N+]#N)c2ccccc12.COc1ccc([N+]#N)c2ccccc12.COc1ccc([N+]#N)c2ccccc12.COc1ccc([N+]#N)c2ccccc12.COc1ccc([N+]#N)c2ccccc12.[O-]B([O-])F.[O-]B([O-])F.[O-]B([O-])F.[O-]B([O-])F. The number of nitrogens with zero attached hydrogens (tertiary/aromatic N) is 16. The number of rotatable bonds is 8. The van der Waals surface area contributed by atoms with Crippen molar-refractivity contribution in [2.24, 2.45) is 0 Å². The Morgan fingerprint density at radius 3 is 0.312 bits per heavy atom. The highest BCUT2D eigenvalue weighted by atomic mass is 19.1. The van der Waals surface area contributed by atoms with E-state index in [9.17, 15) is 17.3 Å². The average molecular weight is 1730 g/mol. The summed E-state index contributed by atoms with van der Waals surface area (Å²) in [5.74, 6) is 6.28. The molecule has 0 aliphatic heterocycles. The molecule has 0 N–H and O–H groups in total. The number of diazo groups is 8. The van der Waals surface area contributed by atoms with E-state index in [-0.39, 0.29) is 0 Å². The van der Waals surface area contributed by atoms with Crippen molar-refractivity contribution < 1.29 is 95.3 Å². The number of fused-ring (bicyclic) bond motifs is 8. The third-order valence-electron chi connectivity index (χ3n) is 17.5. The predicted octanol–water partition coefficient (Wildman–Crippen LogP) is 17.3. The molecule has 0 fully saturated rings. The third kappa shape index (κ3) is 29.7. The Balaban J connectivity index is 0.000000253. The first-order valence-electron chi connectivity index (χ1n) is 37.0. The molecule has 640 valence electrons. The summed E-state index contributed by atoms with van der Waals surface area (Å²) in [5, 5.41) is 151. The van der Waals surface area contributed by atoms with Gasteiger partial charge in [-0.2, -0.15) is 0 Å². The second kappa shape index (κ2) is 54.4. The number of methoxy groups -OCH3 is 8. The van der Waals surface area contributed by atoms with Crippen LogP contribution < -0.4 is 78.1 Å². The van der Waals surface area contributed by atoms with Gasteiger partial charge in [0.25, 0.3) is 0 Å². The molecule has 0 aliphatic carbocycles. The Kier molecular flexibility index (Phi) is 43.2. The van der Waals surface area contributed by atoms with Crippen LogP contribution in [0.15, 0.2) is 291 Å². The van der Waals surface area contributed by atoms with Gasteiger partial charge < -0.3 is 95.3 Å². The Morgan fingerprint density at radius 1 is 0.164 bits per heavy atom. The first kappa shape index (κ1) is 102. The summed E-state index contributed by atoms with van der Waals surface area (Å²) in [7, 11) is 0.314. The smallest absolute Gasteiger partial charge is 0.393 e. The molecule has 0 atom stereocenters. The van der Waals surface area contributed by atoms with Crippen LogP contribution in [-0.4, -0.2) is 86.5 Å². The molecule has 0 bridgehead atoms. The molecule has 0 radical (unpaired) electrons. The van der Waals surface area contributed by atoms with Gasteiger partial charge in [0.1, 0.15) is 75.6 Å². The minimum atomic E-state index is -3.17. The summed E-state index contributed by atoms with van der Waals surface area (Å²) < 4.78 is 81.2. The predicted molar refractivity (Wildman–Crippen MR) is 469 cm³/mol. The highest BCUT2D eigenvalue weighted by molar-refractivity contribution is 6.28. The highest BCUT2D eigenvalue weighted by Crippen LogP contribution is 2.40. The van der Waals surface area contributed by atoms with Crippen LogP contribution >= 0.6 is 0 Å². The molecule has 0 amide bonds. The molecule has 0 unspecified atom stereocenters. The van der Waals surface area contributed by atoms with Crippen molar-refractivity contribution in [1.29, 1.82) is 43.1 Å². The van der Waals surface area contributed by atoms with E-state index in [1.54, 1.807) is 154 Å². The number of hydrogen-bond acceptors (Lipinski definition) is 24. The van der Waals surface area contributed by atoms with Crippen molar-refractivity contribution in [3.05, 3.63) is 331 Å². The van der Waals surface area contributed by atoms with Gasteiger partial charge in [0.15, 0.2) is 39.8 Å². The van der Waals surface area contributed by atoms with Crippen molar-refractivity contribution in [3.63, 3.8) is 0 Å². The van der Waals surface area contributed by atoms with Gasteiger partial charge in [0.2, 0.25) is 43.1 Å². The number of halogens is 4. The summed E-state index contributed by atoms with van der Waals surface area (Å²) in [4.78, 5) is 25.7. The fraction of sp³-hybridized carbons (Fsp3) is 0.0909. The Bertz CT molecular complexity index is 5560. The second-order valence-electron chi connectivity index (χ2n) is 24.6. The van der Waals surface area contributed by atoms with Crippen LogP contribution in [0.2, 0.25) is 0 Å². The first-order valence-corrected chi connectivity index (χ1v) is 37.0. The Hall–Kier alpha value is -17.0. The monoisotopic (exact) mass is 1730 g/mol. The van der Waals surface area contributed by atoms with Gasteiger partial charge in [-0.1, -0.05) is 146 Å². The van der Waals surface area contributed by atoms with Crippen LogP contribution in [0.25, 0.3) is 126 Å². The summed E-state index contributed by atoms with van der Waals surface area (Å²) in [6.45, 7) is 0. The lowest BCUT2D eigenvalue weighted by Gasteiger charge is -2.09. The molecular weight excluding hydrogens is 1660 g/mol. The maximum atomic E-state index is 9.89. The van der Waals surface area contributed by atoms with E-state index in [0.717, 1.165) is 132 Å². The van der Waals surface area contributed by atoms with E-state index >= 15 is 0 Å². The normalized spacial score (nSPS) is 9.34. The molecule has 32 nitrogen and oxygen atoms in total. The largest absolute Gasteiger partial charge is 0.867 e. The Labute approximate surface area is 730 Å². The van der Waals surface area contributed by atoms with E-state index in [0.29, 0.717) is 45.5 Å². The van der Waals surface area contributed by atoms with Crippen molar-refractivity contribution in [1.82, 2.24) is 0 Å². The van der Waals surface area contributed by atoms with E-state index in [4.69, 9.17) is 121 Å². The van der Waals surface area contributed by atoms with Crippen molar-refractivity contribution in [2.45, 2.75) is 0 Å². The van der Waals surface area contributed by atoms with E-state index in [1.807, 2.05) is 194 Å². The van der Waals surface area contributed by atoms with Crippen molar-refractivity contribution >= 4 is 161 Å². The molecule has 0 spiro atoms. The minimum Gasteiger partial charge on any atom is -0.867 e. The van der Waals surface area contributed by atoms with E-state index in [2.05, 4.69) is 39.8 Å². The van der Waals surface area contributed by atoms with Crippen LogP contribution in [0.3, 0.4) is 0 Å². The maximum absolute atomic E-state index is 9.89. The van der Waals surface area contributed by atoms with Crippen molar-refractivity contribution in [2.75, 3.05) is 56.9 Å². The lowest BCUT2D eigenvalue weighted by Crippen LogP contribution is -2.39. The van der Waals surface area contributed by atoms with Gasteiger partial charge in [-0.15, -0.1) is 0 Å². The summed E-state index contributed by atoms with van der Waals surface area (Å²) in [6, 6.07) is 89.3. The highest BCUT2D eigenvalue weighted by Gasteiger charge is 2.21.